The van der Waals surface area contributed by atoms with Crippen molar-refractivity contribution in [3.8, 4) is 22.7 Å². The van der Waals surface area contributed by atoms with Crippen molar-refractivity contribution < 1.29 is 14.6 Å². The molecule has 0 saturated heterocycles. The number of aryl methyl sites for hydroxylation is 1. The van der Waals surface area contributed by atoms with Crippen LogP contribution in [0.1, 0.15) is 11.3 Å². The zero-order valence-corrected chi connectivity index (χ0v) is 17.8. The van der Waals surface area contributed by atoms with E-state index in [0.29, 0.717) is 17.2 Å². The van der Waals surface area contributed by atoms with Crippen molar-refractivity contribution in [3.05, 3.63) is 107 Å². The van der Waals surface area contributed by atoms with Crippen LogP contribution in [0.2, 0.25) is 5.02 Å². The number of carboxylic acid groups (broad SMARTS) is 1. The average molecular weight is 432 g/mol. The number of aliphatic carboxylic acids is 1. The number of aromatic nitrogens is 1. The molecule has 31 heavy (non-hydrogen) atoms. The van der Waals surface area contributed by atoms with Crippen molar-refractivity contribution in [1.29, 1.82) is 0 Å². The fourth-order valence-corrected chi connectivity index (χ4v) is 3.70. The average Bonchev–Trinajstić information content (AvgIpc) is 3.16. The summed E-state index contributed by atoms with van der Waals surface area (Å²) in [6.07, 6.45) is -0.648. The van der Waals surface area contributed by atoms with Crippen molar-refractivity contribution in [2.24, 2.45) is 0 Å². The zero-order chi connectivity index (χ0) is 21.8. The van der Waals surface area contributed by atoms with Gasteiger partial charge in [0.05, 0.1) is 5.69 Å². The second kappa shape index (κ2) is 9.11. The molecule has 156 valence electrons. The normalized spacial score (nSPS) is 11.8. The summed E-state index contributed by atoms with van der Waals surface area (Å²) in [7, 11) is 0. The first-order chi connectivity index (χ1) is 15.0. The van der Waals surface area contributed by atoms with Gasteiger partial charge in [-0.05, 0) is 78.7 Å². The number of benzene rings is 3. The lowest BCUT2D eigenvalue weighted by Crippen LogP contribution is -2.29. The molecule has 1 heterocycles. The van der Waals surface area contributed by atoms with Crippen molar-refractivity contribution in [2.45, 2.75) is 19.4 Å². The Morgan fingerprint density at radius 1 is 0.935 bits per heavy atom. The molecule has 1 atom stereocenters. The smallest absolute Gasteiger partial charge is 0.345 e. The van der Waals surface area contributed by atoms with Crippen LogP contribution in [0.4, 0.5) is 0 Å². The molecular formula is C26H22ClNO3. The SMILES string of the molecule is Cc1ccc(-c2ccc(O[C@H](Cc3ccccc3)C(=O)O)cc2)n1-c1ccc(Cl)cc1. The number of nitrogens with zero attached hydrogens (tertiary/aromatic N) is 1. The summed E-state index contributed by atoms with van der Waals surface area (Å²) in [5.74, 6) is -0.464. The zero-order valence-electron chi connectivity index (χ0n) is 17.0. The molecule has 1 N–H and O–H groups in total. The predicted molar refractivity (Wildman–Crippen MR) is 123 cm³/mol. The number of rotatable bonds is 7. The van der Waals surface area contributed by atoms with E-state index >= 15 is 0 Å². The fraction of sp³-hybridized carbons (Fsp3) is 0.115. The summed E-state index contributed by atoms with van der Waals surface area (Å²) < 4.78 is 7.94. The van der Waals surface area contributed by atoms with Crippen LogP contribution in [-0.4, -0.2) is 21.7 Å². The van der Waals surface area contributed by atoms with Crippen LogP contribution in [0.5, 0.6) is 5.75 Å². The van der Waals surface area contributed by atoms with Crippen LogP contribution in [-0.2, 0) is 11.2 Å². The second-order valence-electron chi connectivity index (χ2n) is 7.33. The van der Waals surface area contributed by atoms with Gasteiger partial charge in [-0.15, -0.1) is 0 Å². The van der Waals surface area contributed by atoms with E-state index in [9.17, 15) is 9.90 Å². The van der Waals surface area contributed by atoms with E-state index in [1.54, 1.807) is 0 Å². The van der Waals surface area contributed by atoms with Crippen LogP contribution >= 0.6 is 11.6 Å². The maximum Gasteiger partial charge on any atom is 0.345 e. The number of carboxylic acids is 1. The first-order valence-corrected chi connectivity index (χ1v) is 10.4. The number of halogens is 1. The third-order valence-electron chi connectivity index (χ3n) is 5.13. The molecule has 5 heteroatoms. The van der Waals surface area contributed by atoms with Gasteiger partial charge in [-0.3, -0.25) is 0 Å². The molecule has 0 aliphatic carbocycles. The lowest BCUT2D eigenvalue weighted by atomic mass is 10.1. The van der Waals surface area contributed by atoms with E-state index in [1.165, 1.54) is 0 Å². The van der Waals surface area contributed by atoms with Crippen molar-refractivity contribution >= 4 is 17.6 Å². The van der Waals surface area contributed by atoms with Gasteiger partial charge in [-0.2, -0.15) is 0 Å². The Labute approximate surface area is 186 Å². The quantitative estimate of drug-likeness (QED) is 0.380. The van der Waals surface area contributed by atoms with Gasteiger partial charge in [0.15, 0.2) is 6.10 Å². The Balaban J connectivity index is 1.56. The molecule has 3 aromatic carbocycles. The monoisotopic (exact) mass is 431 g/mol. The predicted octanol–water partition coefficient (Wildman–Crippen LogP) is 6.18. The Kier molecular flexibility index (Phi) is 6.10. The van der Waals surface area contributed by atoms with Crippen LogP contribution in [0.15, 0.2) is 91.0 Å². The second-order valence-corrected chi connectivity index (χ2v) is 7.77. The Morgan fingerprint density at radius 2 is 1.61 bits per heavy atom. The van der Waals surface area contributed by atoms with E-state index in [4.69, 9.17) is 16.3 Å². The van der Waals surface area contributed by atoms with Gasteiger partial charge in [0.25, 0.3) is 0 Å². The lowest BCUT2D eigenvalue weighted by Gasteiger charge is -2.16. The maximum absolute atomic E-state index is 11.7. The summed E-state index contributed by atoms with van der Waals surface area (Å²) in [6.45, 7) is 2.05. The highest BCUT2D eigenvalue weighted by Crippen LogP contribution is 2.29. The van der Waals surface area contributed by atoms with Gasteiger partial charge < -0.3 is 14.4 Å². The van der Waals surface area contributed by atoms with Crippen molar-refractivity contribution in [1.82, 2.24) is 4.57 Å². The Hall–Kier alpha value is -3.50. The Morgan fingerprint density at radius 3 is 2.26 bits per heavy atom. The molecule has 4 aromatic rings. The maximum atomic E-state index is 11.7. The highest BCUT2D eigenvalue weighted by atomic mass is 35.5. The van der Waals surface area contributed by atoms with E-state index in [1.807, 2.05) is 78.9 Å². The standard InChI is InChI=1S/C26H22ClNO3/c1-18-7-16-24(28(18)22-12-10-21(27)11-13-22)20-8-14-23(15-9-20)31-25(26(29)30)17-19-5-3-2-4-6-19/h2-16,25H,17H2,1H3,(H,29,30)/t25-/m1/s1. The van der Waals surface area contributed by atoms with Gasteiger partial charge in [0.1, 0.15) is 5.75 Å². The fourth-order valence-electron chi connectivity index (χ4n) is 3.57. The van der Waals surface area contributed by atoms with Gasteiger partial charge in [0.2, 0.25) is 0 Å². The molecular weight excluding hydrogens is 410 g/mol. The number of hydrogen-bond acceptors (Lipinski definition) is 2. The molecule has 0 aliphatic rings. The van der Waals surface area contributed by atoms with Crippen LogP contribution in [0.3, 0.4) is 0 Å². The lowest BCUT2D eigenvalue weighted by molar-refractivity contribution is -0.145. The minimum absolute atomic E-state index is 0.302. The van der Waals surface area contributed by atoms with Gasteiger partial charge in [0, 0.05) is 22.8 Å². The number of carbonyl (C=O) groups is 1. The molecule has 0 fully saturated rings. The minimum atomic E-state index is -0.986. The third-order valence-corrected chi connectivity index (χ3v) is 5.38. The topological polar surface area (TPSA) is 51.5 Å². The summed E-state index contributed by atoms with van der Waals surface area (Å²) >= 11 is 6.04. The van der Waals surface area contributed by atoms with Gasteiger partial charge in [-0.1, -0.05) is 41.9 Å². The third kappa shape index (κ3) is 4.81. The molecule has 0 spiro atoms. The molecule has 0 unspecified atom stereocenters. The molecule has 4 nitrogen and oxygen atoms in total. The number of ether oxygens (including phenoxy) is 1. The molecule has 0 saturated carbocycles. The van der Waals surface area contributed by atoms with Crippen LogP contribution in [0.25, 0.3) is 16.9 Å². The first-order valence-electron chi connectivity index (χ1n) is 9.99. The highest BCUT2D eigenvalue weighted by Gasteiger charge is 2.20. The Bertz CT molecular complexity index is 1170. The van der Waals surface area contributed by atoms with E-state index < -0.39 is 12.1 Å². The summed E-state index contributed by atoms with van der Waals surface area (Å²) in [5.41, 5.74) is 5.08. The highest BCUT2D eigenvalue weighted by molar-refractivity contribution is 6.30. The minimum Gasteiger partial charge on any atom is -0.478 e. The van der Waals surface area contributed by atoms with E-state index in [2.05, 4.69) is 23.6 Å². The molecule has 4 rings (SSSR count). The number of hydrogen-bond donors (Lipinski definition) is 1. The van der Waals surface area contributed by atoms with Crippen molar-refractivity contribution in [3.63, 3.8) is 0 Å². The molecule has 1 aromatic heterocycles. The summed E-state index contributed by atoms with van der Waals surface area (Å²) in [5, 5.41) is 10.3. The molecule has 0 radical (unpaired) electrons. The molecule has 0 bridgehead atoms. The van der Waals surface area contributed by atoms with E-state index in [-0.39, 0.29) is 0 Å². The molecule has 0 aliphatic heterocycles. The molecule has 0 amide bonds. The summed E-state index contributed by atoms with van der Waals surface area (Å²) in [4.78, 5) is 11.7. The van der Waals surface area contributed by atoms with E-state index in [0.717, 1.165) is 28.2 Å². The van der Waals surface area contributed by atoms with Crippen molar-refractivity contribution in [2.75, 3.05) is 0 Å². The summed E-state index contributed by atoms with van der Waals surface area (Å²) in [6, 6.07) is 28.8. The van der Waals surface area contributed by atoms with Gasteiger partial charge >= 0.3 is 5.97 Å². The first kappa shape index (κ1) is 20.8. The van der Waals surface area contributed by atoms with Crippen LogP contribution in [0, 0.1) is 6.92 Å². The van der Waals surface area contributed by atoms with Gasteiger partial charge in [-0.25, -0.2) is 4.79 Å². The van der Waals surface area contributed by atoms with Crippen LogP contribution < -0.4 is 4.74 Å². The largest absolute Gasteiger partial charge is 0.478 e.